The summed E-state index contributed by atoms with van der Waals surface area (Å²) in [5.74, 6) is -0.383. The Morgan fingerprint density at radius 1 is 1.43 bits per heavy atom. The molecule has 0 aromatic heterocycles. The van der Waals surface area contributed by atoms with Crippen LogP contribution in [0.5, 0.6) is 0 Å². The average Bonchev–Trinajstić information content (AvgIpc) is 2.76. The van der Waals surface area contributed by atoms with E-state index in [1.807, 2.05) is 30.4 Å². The highest BCUT2D eigenvalue weighted by Crippen LogP contribution is 2.30. The molecule has 0 heterocycles. The van der Waals surface area contributed by atoms with Crippen molar-refractivity contribution in [1.29, 1.82) is 0 Å². The van der Waals surface area contributed by atoms with Crippen LogP contribution in [0, 0.1) is 0 Å². The molecule has 0 bridgehead atoms. The summed E-state index contributed by atoms with van der Waals surface area (Å²) >= 11 is 0. The Hall–Kier alpha value is -1.83. The summed E-state index contributed by atoms with van der Waals surface area (Å²) in [5.41, 5.74) is 3.39. The zero-order chi connectivity index (χ0) is 9.97. The predicted octanol–water partition coefficient (Wildman–Crippen LogP) is 2.08. The van der Waals surface area contributed by atoms with Gasteiger partial charge >= 0.3 is 5.97 Å². The summed E-state index contributed by atoms with van der Waals surface area (Å²) in [7, 11) is 0. The molecule has 2 aliphatic carbocycles. The van der Waals surface area contributed by atoms with Gasteiger partial charge in [0.05, 0.1) is 0 Å². The molecule has 70 valence electrons. The minimum absolute atomic E-state index is 0.318. The molecule has 0 saturated carbocycles. The van der Waals surface area contributed by atoms with Gasteiger partial charge in [-0.1, -0.05) is 37.0 Å². The molecule has 0 N–H and O–H groups in total. The maximum Gasteiger partial charge on any atom is 0.330 e. The van der Waals surface area contributed by atoms with E-state index in [0.29, 0.717) is 6.61 Å². The molecular formula is C12H10O2. The van der Waals surface area contributed by atoms with Crippen LogP contribution in [0.4, 0.5) is 0 Å². The number of hydrogen-bond donors (Lipinski definition) is 0. The number of ether oxygens (including phenoxy) is 1. The lowest BCUT2D eigenvalue weighted by atomic mass is 10.1. The zero-order valence-corrected chi connectivity index (χ0v) is 7.69. The predicted molar refractivity (Wildman–Crippen MR) is 54.5 cm³/mol. The van der Waals surface area contributed by atoms with Crippen molar-refractivity contribution in [3.8, 4) is 0 Å². The number of esters is 1. The molecule has 0 spiro atoms. The highest BCUT2D eigenvalue weighted by atomic mass is 16.5. The molecule has 2 rings (SSSR count). The number of allylic oxidation sites excluding steroid dienone is 6. The Balaban J connectivity index is 1.97. The van der Waals surface area contributed by atoms with Gasteiger partial charge in [-0.3, -0.25) is 0 Å². The Bertz CT molecular complexity index is 406. The molecule has 0 atom stereocenters. The lowest BCUT2D eigenvalue weighted by molar-refractivity contribution is -0.136. The minimum atomic E-state index is -0.383. The van der Waals surface area contributed by atoms with Crippen LogP contribution in [0.25, 0.3) is 0 Å². The molecule has 2 aliphatic rings. The van der Waals surface area contributed by atoms with Gasteiger partial charge in [0.25, 0.3) is 0 Å². The van der Waals surface area contributed by atoms with Crippen LogP contribution in [-0.4, -0.2) is 12.6 Å². The van der Waals surface area contributed by atoms with Crippen LogP contribution >= 0.6 is 0 Å². The molecule has 0 aliphatic heterocycles. The minimum Gasteiger partial charge on any atom is -0.458 e. The Morgan fingerprint density at radius 3 is 3.07 bits per heavy atom. The maximum atomic E-state index is 10.8. The van der Waals surface area contributed by atoms with Crippen molar-refractivity contribution in [3.05, 3.63) is 59.8 Å². The van der Waals surface area contributed by atoms with Crippen molar-refractivity contribution in [3.63, 3.8) is 0 Å². The van der Waals surface area contributed by atoms with Crippen molar-refractivity contribution in [2.45, 2.75) is 0 Å². The molecule has 0 fully saturated rings. The lowest BCUT2D eigenvalue weighted by Crippen LogP contribution is -2.04. The van der Waals surface area contributed by atoms with E-state index in [2.05, 4.69) is 6.58 Å². The van der Waals surface area contributed by atoms with Crippen LogP contribution in [-0.2, 0) is 9.53 Å². The fourth-order valence-electron chi connectivity index (χ4n) is 1.49. The SMILES string of the molecule is C=CC(=O)OCC1=CC=C2C=CC=C21. The normalized spacial score (nSPS) is 17.0. The second-order valence-electron chi connectivity index (χ2n) is 3.07. The van der Waals surface area contributed by atoms with Crippen LogP contribution in [0.1, 0.15) is 0 Å². The third-order valence-electron chi connectivity index (χ3n) is 2.20. The number of rotatable bonds is 3. The highest BCUT2D eigenvalue weighted by Gasteiger charge is 2.16. The molecule has 0 radical (unpaired) electrons. The second-order valence-corrected chi connectivity index (χ2v) is 3.07. The van der Waals surface area contributed by atoms with Gasteiger partial charge in [-0.05, 0) is 16.7 Å². The Kier molecular flexibility index (Phi) is 2.19. The molecule has 0 amide bonds. The van der Waals surface area contributed by atoms with Gasteiger partial charge in [-0.25, -0.2) is 4.79 Å². The first-order valence-electron chi connectivity index (χ1n) is 4.40. The van der Waals surface area contributed by atoms with Gasteiger partial charge in [0.15, 0.2) is 0 Å². The topological polar surface area (TPSA) is 26.3 Å². The first kappa shape index (κ1) is 8.75. The summed E-state index contributed by atoms with van der Waals surface area (Å²) in [6, 6.07) is 0. The fraction of sp³-hybridized carbons (Fsp3) is 0.0833. The first-order valence-corrected chi connectivity index (χ1v) is 4.40. The number of fused-ring (bicyclic) bond motifs is 1. The van der Waals surface area contributed by atoms with Crippen LogP contribution in [0.15, 0.2) is 59.8 Å². The van der Waals surface area contributed by atoms with Gasteiger partial charge in [-0.15, -0.1) is 0 Å². The average molecular weight is 186 g/mol. The largest absolute Gasteiger partial charge is 0.458 e. The van der Waals surface area contributed by atoms with Crippen molar-refractivity contribution in [2.75, 3.05) is 6.61 Å². The Labute approximate surface area is 82.6 Å². The van der Waals surface area contributed by atoms with E-state index >= 15 is 0 Å². The third-order valence-corrected chi connectivity index (χ3v) is 2.20. The van der Waals surface area contributed by atoms with Crippen LogP contribution < -0.4 is 0 Å². The Morgan fingerprint density at radius 2 is 2.29 bits per heavy atom. The molecule has 2 nitrogen and oxygen atoms in total. The number of hydrogen-bond acceptors (Lipinski definition) is 2. The van der Waals surface area contributed by atoms with E-state index < -0.39 is 0 Å². The fourth-order valence-corrected chi connectivity index (χ4v) is 1.49. The smallest absolute Gasteiger partial charge is 0.330 e. The molecule has 0 saturated heterocycles. The zero-order valence-electron chi connectivity index (χ0n) is 7.69. The van der Waals surface area contributed by atoms with E-state index in [0.717, 1.165) is 11.1 Å². The first-order chi connectivity index (χ1) is 6.81. The van der Waals surface area contributed by atoms with E-state index in [1.165, 1.54) is 11.6 Å². The van der Waals surface area contributed by atoms with Crippen molar-refractivity contribution in [1.82, 2.24) is 0 Å². The summed E-state index contributed by atoms with van der Waals surface area (Å²) in [4.78, 5) is 10.8. The summed E-state index contributed by atoms with van der Waals surface area (Å²) < 4.78 is 4.96. The standard InChI is InChI=1S/C12H10O2/c1-2-12(13)14-8-10-7-6-9-4-3-5-11(9)10/h2-7H,1,8H2. The summed E-state index contributed by atoms with van der Waals surface area (Å²) in [5, 5.41) is 0. The molecule has 0 aromatic rings. The second kappa shape index (κ2) is 3.50. The van der Waals surface area contributed by atoms with Crippen LogP contribution in [0.3, 0.4) is 0 Å². The maximum absolute atomic E-state index is 10.8. The lowest BCUT2D eigenvalue weighted by Gasteiger charge is -2.05. The van der Waals surface area contributed by atoms with Crippen LogP contribution in [0.2, 0.25) is 0 Å². The molecule has 2 heteroatoms. The molecule has 0 unspecified atom stereocenters. The van der Waals surface area contributed by atoms with Crippen molar-refractivity contribution in [2.24, 2.45) is 0 Å². The van der Waals surface area contributed by atoms with E-state index in [4.69, 9.17) is 4.74 Å². The van der Waals surface area contributed by atoms with Gasteiger partial charge in [-0.2, -0.15) is 0 Å². The third kappa shape index (κ3) is 1.46. The van der Waals surface area contributed by atoms with Gasteiger partial charge in [0, 0.05) is 6.08 Å². The van der Waals surface area contributed by atoms with Gasteiger partial charge < -0.3 is 4.74 Å². The van der Waals surface area contributed by atoms with E-state index in [9.17, 15) is 4.79 Å². The molecule has 0 aromatic carbocycles. The highest BCUT2D eigenvalue weighted by molar-refractivity contribution is 5.81. The molecular weight excluding hydrogens is 176 g/mol. The van der Waals surface area contributed by atoms with Crippen molar-refractivity contribution >= 4 is 5.97 Å². The van der Waals surface area contributed by atoms with Gasteiger partial charge in [0.1, 0.15) is 6.61 Å². The summed E-state index contributed by atoms with van der Waals surface area (Å²) in [6.07, 6.45) is 11.2. The monoisotopic (exact) mass is 186 g/mol. The number of carbonyl (C=O) groups excluding carboxylic acids is 1. The molecule has 14 heavy (non-hydrogen) atoms. The van der Waals surface area contributed by atoms with E-state index in [1.54, 1.807) is 0 Å². The number of carbonyl (C=O) groups is 1. The quantitative estimate of drug-likeness (QED) is 0.498. The summed E-state index contributed by atoms with van der Waals surface area (Å²) in [6.45, 7) is 3.66. The van der Waals surface area contributed by atoms with E-state index in [-0.39, 0.29) is 5.97 Å². The van der Waals surface area contributed by atoms with Gasteiger partial charge in [0.2, 0.25) is 0 Å². The van der Waals surface area contributed by atoms with Crippen molar-refractivity contribution < 1.29 is 9.53 Å².